The number of thiophene rings is 1. The van der Waals surface area contributed by atoms with Gasteiger partial charge in [0.05, 0.1) is 12.2 Å². The Balaban J connectivity index is 2.03. The molecular formula is C12H14BrN3OS. The van der Waals surface area contributed by atoms with Gasteiger partial charge in [0.2, 0.25) is 0 Å². The van der Waals surface area contributed by atoms with Gasteiger partial charge >= 0.3 is 0 Å². The minimum absolute atomic E-state index is 0.0926. The summed E-state index contributed by atoms with van der Waals surface area (Å²) in [6.45, 7) is 2.55. The zero-order valence-corrected chi connectivity index (χ0v) is 12.6. The second-order valence-corrected chi connectivity index (χ2v) is 5.73. The molecular weight excluding hydrogens is 314 g/mol. The van der Waals surface area contributed by atoms with Crippen LogP contribution in [0.15, 0.2) is 22.0 Å². The summed E-state index contributed by atoms with van der Waals surface area (Å²) in [6, 6.07) is 3.81. The van der Waals surface area contributed by atoms with Crippen LogP contribution in [-0.2, 0) is 20.0 Å². The highest BCUT2D eigenvalue weighted by atomic mass is 79.9. The molecule has 0 aliphatic carbocycles. The summed E-state index contributed by atoms with van der Waals surface area (Å²) in [5.74, 6) is -0.0926. The van der Waals surface area contributed by atoms with E-state index in [-0.39, 0.29) is 5.91 Å². The normalized spacial score (nSPS) is 10.6. The van der Waals surface area contributed by atoms with Gasteiger partial charge in [-0.15, -0.1) is 11.3 Å². The third kappa shape index (κ3) is 2.81. The Morgan fingerprint density at radius 2 is 2.39 bits per heavy atom. The topological polar surface area (TPSA) is 46.9 Å². The van der Waals surface area contributed by atoms with Gasteiger partial charge in [0.1, 0.15) is 5.69 Å². The summed E-state index contributed by atoms with van der Waals surface area (Å²) in [4.78, 5) is 13.1. The quantitative estimate of drug-likeness (QED) is 0.938. The van der Waals surface area contributed by atoms with Crippen LogP contribution in [-0.4, -0.2) is 15.7 Å². The monoisotopic (exact) mass is 327 g/mol. The Morgan fingerprint density at radius 1 is 1.61 bits per heavy atom. The average Bonchev–Trinajstić information content (AvgIpc) is 2.92. The van der Waals surface area contributed by atoms with Gasteiger partial charge in [0, 0.05) is 16.4 Å². The summed E-state index contributed by atoms with van der Waals surface area (Å²) in [6.07, 6.45) is 0.831. The molecule has 6 heteroatoms. The van der Waals surface area contributed by atoms with Gasteiger partial charge in [0.25, 0.3) is 5.91 Å². The van der Waals surface area contributed by atoms with E-state index in [0.29, 0.717) is 12.2 Å². The van der Waals surface area contributed by atoms with Crippen LogP contribution in [0.2, 0.25) is 0 Å². The molecule has 0 bridgehead atoms. The lowest BCUT2D eigenvalue weighted by atomic mass is 10.3. The van der Waals surface area contributed by atoms with Crippen LogP contribution in [0.25, 0.3) is 0 Å². The lowest BCUT2D eigenvalue weighted by molar-refractivity contribution is 0.0942. The summed E-state index contributed by atoms with van der Waals surface area (Å²) < 4.78 is 2.66. The summed E-state index contributed by atoms with van der Waals surface area (Å²) in [5.41, 5.74) is 1.53. The van der Waals surface area contributed by atoms with E-state index >= 15 is 0 Å². The van der Waals surface area contributed by atoms with Gasteiger partial charge in [-0.05, 0) is 39.9 Å². The number of rotatable bonds is 4. The first kappa shape index (κ1) is 13.3. The molecule has 18 heavy (non-hydrogen) atoms. The molecule has 1 amide bonds. The Hall–Kier alpha value is -1.14. The summed E-state index contributed by atoms with van der Waals surface area (Å²) >= 11 is 5.06. The van der Waals surface area contributed by atoms with Crippen molar-refractivity contribution in [2.75, 3.05) is 0 Å². The smallest absolute Gasteiger partial charge is 0.269 e. The van der Waals surface area contributed by atoms with Crippen molar-refractivity contribution in [3.63, 3.8) is 0 Å². The van der Waals surface area contributed by atoms with Crippen molar-refractivity contribution in [1.29, 1.82) is 0 Å². The van der Waals surface area contributed by atoms with Crippen LogP contribution in [0, 0.1) is 0 Å². The van der Waals surface area contributed by atoms with Crippen molar-refractivity contribution in [3.8, 4) is 0 Å². The number of amides is 1. The van der Waals surface area contributed by atoms with Crippen molar-refractivity contribution < 1.29 is 4.79 Å². The molecule has 0 aliphatic rings. The van der Waals surface area contributed by atoms with E-state index < -0.39 is 0 Å². The molecule has 0 aromatic carbocycles. The number of hydrogen-bond donors (Lipinski definition) is 1. The number of nitrogens with one attached hydrogen (secondary N) is 1. The first-order valence-corrected chi connectivity index (χ1v) is 7.32. The maximum Gasteiger partial charge on any atom is 0.269 e. The molecule has 0 spiro atoms. The van der Waals surface area contributed by atoms with Gasteiger partial charge in [-0.1, -0.05) is 6.92 Å². The largest absolute Gasteiger partial charge is 0.346 e. The molecule has 0 fully saturated rings. The minimum atomic E-state index is -0.0926. The highest BCUT2D eigenvalue weighted by Crippen LogP contribution is 2.22. The van der Waals surface area contributed by atoms with Gasteiger partial charge in [-0.25, -0.2) is 0 Å². The Kier molecular flexibility index (Phi) is 4.19. The zero-order chi connectivity index (χ0) is 13.1. The van der Waals surface area contributed by atoms with Gasteiger partial charge in [-0.3, -0.25) is 9.48 Å². The molecule has 2 aromatic rings. The molecule has 96 valence electrons. The molecule has 0 unspecified atom stereocenters. The Morgan fingerprint density at radius 3 is 2.94 bits per heavy atom. The van der Waals surface area contributed by atoms with Crippen LogP contribution < -0.4 is 5.32 Å². The van der Waals surface area contributed by atoms with Crippen molar-refractivity contribution in [2.24, 2.45) is 7.05 Å². The van der Waals surface area contributed by atoms with Crippen LogP contribution in [0.3, 0.4) is 0 Å². The van der Waals surface area contributed by atoms with Gasteiger partial charge < -0.3 is 5.32 Å². The maximum atomic E-state index is 12.0. The molecule has 1 N–H and O–H groups in total. The fourth-order valence-electron chi connectivity index (χ4n) is 1.61. The number of halogens is 1. The van der Waals surface area contributed by atoms with Gasteiger partial charge in [0.15, 0.2) is 0 Å². The number of nitrogens with zero attached hydrogens (tertiary/aromatic N) is 2. The molecule has 0 radical (unpaired) electrons. The molecule has 2 heterocycles. The fraction of sp³-hybridized carbons (Fsp3) is 0.333. The third-order valence-corrected chi connectivity index (χ3v) is 4.55. The van der Waals surface area contributed by atoms with Crippen LogP contribution in [0.1, 0.15) is 28.0 Å². The van der Waals surface area contributed by atoms with Crippen molar-refractivity contribution >= 4 is 33.2 Å². The Labute approximate surface area is 118 Å². The molecule has 2 aromatic heterocycles. The van der Waals surface area contributed by atoms with E-state index in [9.17, 15) is 4.79 Å². The van der Waals surface area contributed by atoms with E-state index in [2.05, 4.69) is 26.3 Å². The number of carbonyl (C=O) groups is 1. The van der Waals surface area contributed by atoms with E-state index in [1.807, 2.05) is 24.4 Å². The highest BCUT2D eigenvalue weighted by molar-refractivity contribution is 9.10. The highest BCUT2D eigenvalue weighted by Gasteiger charge is 2.13. The Bertz CT molecular complexity index is 561. The number of hydrogen-bond acceptors (Lipinski definition) is 3. The predicted octanol–water partition coefficient (Wildman–Crippen LogP) is 2.74. The lowest BCUT2D eigenvalue weighted by Crippen LogP contribution is -2.24. The van der Waals surface area contributed by atoms with E-state index in [1.54, 1.807) is 23.1 Å². The fourth-order valence-corrected chi connectivity index (χ4v) is 3.05. The molecule has 0 atom stereocenters. The van der Waals surface area contributed by atoms with Crippen molar-refractivity contribution in [1.82, 2.24) is 15.1 Å². The number of aromatic nitrogens is 2. The van der Waals surface area contributed by atoms with Crippen LogP contribution >= 0.6 is 27.3 Å². The van der Waals surface area contributed by atoms with E-state index in [4.69, 9.17) is 0 Å². The SMILES string of the molecule is CCc1cc(C(=O)NCc2sccc2Br)n(C)n1. The van der Waals surface area contributed by atoms with Crippen molar-refractivity contribution in [2.45, 2.75) is 19.9 Å². The molecule has 4 nitrogen and oxygen atoms in total. The van der Waals surface area contributed by atoms with Gasteiger partial charge in [-0.2, -0.15) is 5.10 Å². The number of carbonyl (C=O) groups excluding carboxylic acids is 1. The zero-order valence-electron chi connectivity index (χ0n) is 10.2. The lowest BCUT2D eigenvalue weighted by Gasteiger charge is -2.04. The number of aryl methyl sites for hydroxylation is 2. The maximum absolute atomic E-state index is 12.0. The third-order valence-electron chi connectivity index (χ3n) is 2.63. The van der Waals surface area contributed by atoms with E-state index in [1.165, 1.54) is 0 Å². The average molecular weight is 328 g/mol. The minimum Gasteiger partial charge on any atom is -0.346 e. The van der Waals surface area contributed by atoms with Crippen LogP contribution in [0.4, 0.5) is 0 Å². The van der Waals surface area contributed by atoms with Crippen LogP contribution in [0.5, 0.6) is 0 Å². The van der Waals surface area contributed by atoms with Crippen molar-refractivity contribution in [3.05, 3.63) is 38.3 Å². The first-order valence-electron chi connectivity index (χ1n) is 5.64. The molecule has 0 aliphatic heterocycles. The molecule has 2 rings (SSSR count). The molecule has 0 saturated heterocycles. The standard InChI is InChI=1S/C12H14BrN3OS/c1-3-8-6-10(16(2)15-8)12(17)14-7-11-9(13)4-5-18-11/h4-6H,3,7H2,1-2H3,(H,14,17). The predicted molar refractivity (Wildman–Crippen MR) is 75.8 cm³/mol. The summed E-state index contributed by atoms with van der Waals surface area (Å²) in [7, 11) is 1.79. The second-order valence-electron chi connectivity index (χ2n) is 3.87. The van der Waals surface area contributed by atoms with E-state index in [0.717, 1.165) is 21.5 Å². The second kappa shape index (κ2) is 5.67. The molecule has 0 saturated carbocycles. The summed E-state index contributed by atoms with van der Waals surface area (Å²) in [5, 5.41) is 9.15. The first-order chi connectivity index (χ1) is 8.61.